The number of hydrogen-bond acceptors (Lipinski definition) is 5. The predicted molar refractivity (Wildman–Crippen MR) is 113 cm³/mol. The highest BCUT2D eigenvalue weighted by molar-refractivity contribution is 9.10. The topological polar surface area (TPSA) is 105 Å². The van der Waals surface area contributed by atoms with Crippen LogP contribution in [-0.4, -0.2) is 64.5 Å². The van der Waals surface area contributed by atoms with E-state index in [9.17, 15) is 18.0 Å². The zero-order chi connectivity index (χ0) is 21.6. The van der Waals surface area contributed by atoms with E-state index in [0.717, 1.165) is 12.8 Å². The van der Waals surface area contributed by atoms with Gasteiger partial charge in [0.2, 0.25) is 15.9 Å². The number of benzene rings is 1. The number of amides is 2. The fourth-order valence-corrected chi connectivity index (χ4v) is 4.47. The molecule has 1 aromatic rings. The smallest absolute Gasteiger partial charge is 0.255 e. The maximum atomic E-state index is 13.1. The first-order valence-corrected chi connectivity index (χ1v) is 11.8. The van der Waals surface area contributed by atoms with Gasteiger partial charge in [0.25, 0.3) is 5.91 Å². The summed E-state index contributed by atoms with van der Waals surface area (Å²) in [4.78, 5) is 26.7. The van der Waals surface area contributed by atoms with Crippen molar-refractivity contribution in [2.45, 2.75) is 37.6 Å². The highest BCUT2D eigenvalue weighted by atomic mass is 79.9. The molecule has 29 heavy (non-hydrogen) atoms. The van der Waals surface area contributed by atoms with Crippen molar-refractivity contribution >= 4 is 37.8 Å². The first-order valence-electron chi connectivity index (χ1n) is 9.53. The number of nitrogens with zero attached hydrogens (tertiary/aromatic N) is 1. The van der Waals surface area contributed by atoms with Crippen LogP contribution in [0.2, 0.25) is 0 Å². The largest absolute Gasteiger partial charge is 0.383 e. The molecule has 1 atom stereocenters. The summed E-state index contributed by atoms with van der Waals surface area (Å²) in [7, 11) is -2.26. The molecular weight excluding hydrogens is 462 g/mol. The van der Waals surface area contributed by atoms with Gasteiger partial charge in [-0.1, -0.05) is 13.8 Å². The zero-order valence-corrected chi connectivity index (χ0v) is 19.3. The lowest BCUT2D eigenvalue weighted by atomic mass is 10.0. The molecule has 2 N–H and O–H groups in total. The highest BCUT2D eigenvalue weighted by Crippen LogP contribution is 2.24. The maximum Gasteiger partial charge on any atom is 0.255 e. The first kappa shape index (κ1) is 23.8. The van der Waals surface area contributed by atoms with Crippen molar-refractivity contribution in [3.05, 3.63) is 28.2 Å². The number of carbonyl (C=O) groups excluding carboxylic acids is 2. The van der Waals surface area contributed by atoms with Crippen LogP contribution in [0.4, 0.5) is 0 Å². The molecule has 8 nitrogen and oxygen atoms in total. The third-order valence-electron chi connectivity index (χ3n) is 4.66. The van der Waals surface area contributed by atoms with Gasteiger partial charge >= 0.3 is 0 Å². The molecule has 1 saturated heterocycles. The third-order valence-corrected chi connectivity index (χ3v) is 6.81. The Balaban J connectivity index is 2.16. The molecule has 0 spiro atoms. The van der Waals surface area contributed by atoms with E-state index in [1.54, 1.807) is 11.0 Å². The summed E-state index contributed by atoms with van der Waals surface area (Å²) >= 11 is 3.35. The number of methoxy groups -OCH3 is 1. The predicted octanol–water partition coefficient (Wildman–Crippen LogP) is 1.75. The molecule has 1 unspecified atom stereocenters. The SMILES string of the molecule is COCCNS(=O)(=O)c1ccc(Br)c(C(=O)N2CCCC(NC(=O)C(C)C)C2)c1. The minimum atomic E-state index is -3.75. The van der Waals surface area contributed by atoms with Crippen molar-refractivity contribution in [2.75, 3.05) is 33.4 Å². The van der Waals surface area contributed by atoms with Crippen molar-refractivity contribution in [3.63, 3.8) is 0 Å². The molecular formula is C19H28BrN3O5S. The van der Waals surface area contributed by atoms with Gasteiger partial charge in [-0.2, -0.15) is 0 Å². The highest BCUT2D eigenvalue weighted by Gasteiger charge is 2.28. The minimum absolute atomic E-state index is 0.0156. The number of likely N-dealkylation sites (tertiary alicyclic amines) is 1. The summed E-state index contributed by atoms with van der Waals surface area (Å²) in [5.74, 6) is -0.433. The van der Waals surface area contributed by atoms with Gasteiger partial charge in [0.1, 0.15) is 0 Å². The van der Waals surface area contributed by atoms with Crippen LogP contribution < -0.4 is 10.0 Å². The molecule has 2 amide bonds. The van der Waals surface area contributed by atoms with Crippen molar-refractivity contribution in [1.82, 2.24) is 14.9 Å². The summed E-state index contributed by atoms with van der Waals surface area (Å²) in [5.41, 5.74) is 0.274. The number of piperidine rings is 1. The molecule has 1 heterocycles. The summed E-state index contributed by atoms with van der Waals surface area (Å²) in [6.45, 7) is 4.99. The Hall–Kier alpha value is -1.49. The van der Waals surface area contributed by atoms with Gasteiger partial charge in [-0.05, 0) is 47.0 Å². The van der Waals surface area contributed by atoms with E-state index >= 15 is 0 Å². The lowest BCUT2D eigenvalue weighted by Crippen LogP contribution is -2.50. The summed E-state index contributed by atoms with van der Waals surface area (Å²) < 4.78 is 32.7. The van der Waals surface area contributed by atoms with Gasteiger partial charge in [0.15, 0.2) is 0 Å². The molecule has 1 aliphatic rings. The van der Waals surface area contributed by atoms with Gasteiger partial charge < -0.3 is 15.0 Å². The fraction of sp³-hybridized carbons (Fsp3) is 0.579. The van der Waals surface area contributed by atoms with E-state index in [-0.39, 0.29) is 47.4 Å². The van der Waals surface area contributed by atoms with Crippen LogP contribution >= 0.6 is 15.9 Å². The second kappa shape index (κ2) is 10.5. The Morgan fingerprint density at radius 2 is 2.07 bits per heavy atom. The van der Waals surface area contributed by atoms with E-state index < -0.39 is 10.0 Å². The molecule has 0 aromatic heterocycles. The quantitative estimate of drug-likeness (QED) is 0.541. The molecule has 1 fully saturated rings. The minimum Gasteiger partial charge on any atom is -0.383 e. The standard InChI is InChI=1S/C19H28BrN3O5S/c1-13(2)18(24)22-14-5-4-9-23(12-14)19(25)16-11-15(6-7-17(16)20)29(26,27)21-8-10-28-3/h6-7,11,13-14,21H,4-5,8-10,12H2,1-3H3,(H,22,24). The van der Waals surface area contributed by atoms with Crippen LogP contribution in [0.1, 0.15) is 37.0 Å². The Morgan fingerprint density at radius 1 is 1.34 bits per heavy atom. The molecule has 1 aromatic carbocycles. The van der Waals surface area contributed by atoms with Gasteiger partial charge in [-0.15, -0.1) is 0 Å². The molecule has 0 bridgehead atoms. The Kier molecular flexibility index (Phi) is 8.62. The van der Waals surface area contributed by atoms with Crippen LogP contribution in [0.15, 0.2) is 27.6 Å². The lowest BCUT2D eigenvalue weighted by Gasteiger charge is -2.33. The average Bonchev–Trinajstić information content (AvgIpc) is 2.68. The molecule has 162 valence electrons. The van der Waals surface area contributed by atoms with Crippen molar-refractivity contribution in [2.24, 2.45) is 5.92 Å². The van der Waals surface area contributed by atoms with E-state index in [2.05, 4.69) is 26.0 Å². The monoisotopic (exact) mass is 489 g/mol. The second-order valence-electron chi connectivity index (χ2n) is 7.29. The maximum absolute atomic E-state index is 13.1. The normalized spacial score (nSPS) is 17.4. The Labute approximate surface area is 180 Å². The Morgan fingerprint density at radius 3 is 2.72 bits per heavy atom. The van der Waals surface area contributed by atoms with Crippen molar-refractivity contribution in [3.8, 4) is 0 Å². The zero-order valence-electron chi connectivity index (χ0n) is 16.9. The fourth-order valence-electron chi connectivity index (χ4n) is 3.01. The van der Waals surface area contributed by atoms with Gasteiger partial charge in [-0.3, -0.25) is 9.59 Å². The summed E-state index contributed by atoms with van der Waals surface area (Å²) in [5, 5.41) is 2.97. The average molecular weight is 490 g/mol. The molecule has 10 heteroatoms. The number of carbonyl (C=O) groups is 2. The summed E-state index contributed by atoms with van der Waals surface area (Å²) in [6.07, 6.45) is 1.57. The molecule has 0 radical (unpaired) electrons. The number of sulfonamides is 1. The van der Waals surface area contributed by atoms with Crippen molar-refractivity contribution in [1.29, 1.82) is 0 Å². The van der Waals surface area contributed by atoms with E-state index in [1.807, 2.05) is 13.8 Å². The van der Waals surface area contributed by atoms with Crippen LogP contribution in [0, 0.1) is 5.92 Å². The van der Waals surface area contributed by atoms with Crippen LogP contribution in [-0.2, 0) is 19.6 Å². The third kappa shape index (κ3) is 6.50. The molecule has 2 rings (SSSR count). The number of rotatable bonds is 8. The molecule has 0 aliphatic carbocycles. The van der Waals surface area contributed by atoms with E-state index in [1.165, 1.54) is 19.2 Å². The molecule has 0 saturated carbocycles. The van der Waals surface area contributed by atoms with Crippen molar-refractivity contribution < 1.29 is 22.7 Å². The number of halogens is 1. The lowest BCUT2D eigenvalue weighted by molar-refractivity contribution is -0.125. The second-order valence-corrected chi connectivity index (χ2v) is 9.91. The van der Waals surface area contributed by atoms with Gasteiger partial charge in [0, 0.05) is 43.2 Å². The number of ether oxygens (including phenoxy) is 1. The summed E-state index contributed by atoms with van der Waals surface area (Å²) in [6, 6.07) is 4.26. The van der Waals surface area contributed by atoms with Gasteiger partial charge in [-0.25, -0.2) is 13.1 Å². The number of hydrogen-bond donors (Lipinski definition) is 2. The Bertz CT molecular complexity index is 844. The van der Waals surface area contributed by atoms with E-state index in [4.69, 9.17) is 4.74 Å². The van der Waals surface area contributed by atoms with Gasteiger partial charge in [0.05, 0.1) is 17.1 Å². The number of nitrogens with one attached hydrogen (secondary N) is 2. The molecule has 1 aliphatic heterocycles. The first-order chi connectivity index (χ1) is 13.7. The van der Waals surface area contributed by atoms with Crippen LogP contribution in [0.25, 0.3) is 0 Å². The van der Waals surface area contributed by atoms with Crippen LogP contribution in [0.5, 0.6) is 0 Å². The van der Waals surface area contributed by atoms with E-state index in [0.29, 0.717) is 17.6 Å². The van der Waals surface area contributed by atoms with Crippen LogP contribution in [0.3, 0.4) is 0 Å².